The Labute approximate surface area is 82.6 Å². The van der Waals surface area contributed by atoms with Crippen LogP contribution in [0.5, 0.6) is 5.75 Å². The minimum Gasteiger partial charge on any atom is -0.487 e. The number of carbonyl (C=O) groups excluding carboxylic acids is 1. The molecule has 0 bridgehead atoms. The van der Waals surface area contributed by atoms with E-state index in [-0.39, 0.29) is 6.10 Å². The van der Waals surface area contributed by atoms with Gasteiger partial charge in [0.15, 0.2) is 0 Å². The van der Waals surface area contributed by atoms with Crippen LogP contribution in [0.2, 0.25) is 0 Å². The summed E-state index contributed by atoms with van der Waals surface area (Å²) in [5, 5.41) is 0. The maximum atomic E-state index is 10.0. The van der Waals surface area contributed by atoms with Crippen molar-refractivity contribution < 1.29 is 14.3 Å². The van der Waals surface area contributed by atoms with Crippen LogP contribution in [0.25, 0.3) is 0 Å². The Kier molecular flexibility index (Phi) is 2.68. The smallest absolute Gasteiger partial charge is 0.293 e. The molecule has 2 rings (SSSR count). The molecule has 1 atom stereocenters. The Morgan fingerprint density at radius 2 is 2.36 bits per heavy atom. The van der Waals surface area contributed by atoms with Gasteiger partial charge in [-0.3, -0.25) is 4.79 Å². The second kappa shape index (κ2) is 4.13. The van der Waals surface area contributed by atoms with Gasteiger partial charge in [0, 0.05) is 0 Å². The van der Waals surface area contributed by atoms with Crippen molar-refractivity contribution >= 4 is 6.47 Å². The first-order valence-corrected chi connectivity index (χ1v) is 4.70. The number of rotatable bonds is 3. The average molecular weight is 192 g/mol. The van der Waals surface area contributed by atoms with Crippen LogP contribution >= 0.6 is 0 Å². The average Bonchev–Trinajstić information content (AvgIpc) is 2.26. The molecule has 0 radical (unpaired) electrons. The lowest BCUT2D eigenvalue weighted by atomic mass is 10.0. The van der Waals surface area contributed by atoms with E-state index < -0.39 is 0 Å². The summed E-state index contributed by atoms with van der Waals surface area (Å²) in [5.74, 6) is 0.915. The molecule has 3 heteroatoms. The molecular formula is C11H12O3. The summed E-state index contributed by atoms with van der Waals surface area (Å²) in [7, 11) is 0. The summed E-state index contributed by atoms with van der Waals surface area (Å²) in [6, 6.07) is 7.96. The van der Waals surface area contributed by atoms with Crippen LogP contribution in [0.1, 0.15) is 12.0 Å². The molecule has 1 aromatic carbocycles. The first-order valence-electron chi connectivity index (χ1n) is 4.70. The van der Waals surface area contributed by atoms with Crippen LogP contribution in [0.4, 0.5) is 0 Å². The van der Waals surface area contributed by atoms with Gasteiger partial charge in [-0.2, -0.15) is 0 Å². The molecule has 0 amide bonds. The molecule has 0 spiro atoms. The number of para-hydroxylation sites is 1. The number of benzene rings is 1. The summed E-state index contributed by atoms with van der Waals surface area (Å²) in [6.07, 6.45) is 1.91. The van der Waals surface area contributed by atoms with Gasteiger partial charge in [0.05, 0.1) is 0 Å². The van der Waals surface area contributed by atoms with Crippen LogP contribution in [0, 0.1) is 0 Å². The fourth-order valence-corrected chi connectivity index (χ4v) is 1.64. The summed E-state index contributed by atoms with van der Waals surface area (Å²) in [4.78, 5) is 10.0. The maximum absolute atomic E-state index is 10.0. The third kappa shape index (κ3) is 1.87. The predicted octanol–water partition coefficient (Wildman–Crippen LogP) is 1.55. The molecular weight excluding hydrogens is 180 g/mol. The molecule has 0 N–H and O–H groups in total. The van der Waals surface area contributed by atoms with Gasteiger partial charge in [-0.15, -0.1) is 0 Å². The van der Waals surface area contributed by atoms with Crippen LogP contribution in [0.3, 0.4) is 0 Å². The van der Waals surface area contributed by atoms with Gasteiger partial charge in [-0.1, -0.05) is 18.2 Å². The highest BCUT2D eigenvalue weighted by atomic mass is 16.6. The van der Waals surface area contributed by atoms with E-state index in [1.807, 2.05) is 18.2 Å². The van der Waals surface area contributed by atoms with Crippen molar-refractivity contribution in [3.63, 3.8) is 0 Å². The molecule has 14 heavy (non-hydrogen) atoms. The van der Waals surface area contributed by atoms with Crippen molar-refractivity contribution in [1.82, 2.24) is 0 Å². The summed E-state index contributed by atoms with van der Waals surface area (Å²) < 4.78 is 10.3. The predicted molar refractivity (Wildman–Crippen MR) is 51.2 cm³/mol. The highest BCUT2D eigenvalue weighted by Crippen LogP contribution is 2.26. The largest absolute Gasteiger partial charge is 0.487 e. The molecule has 0 fully saturated rings. The van der Waals surface area contributed by atoms with Crippen LogP contribution < -0.4 is 4.74 Å². The maximum Gasteiger partial charge on any atom is 0.293 e. The van der Waals surface area contributed by atoms with Gasteiger partial charge in [0.1, 0.15) is 18.5 Å². The topological polar surface area (TPSA) is 35.5 Å². The Hall–Kier alpha value is -1.51. The van der Waals surface area contributed by atoms with E-state index >= 15 is 0 Å². The van der Waals surface area contributed by atoms with Crippen molar-refractivity contribution in [3.05, 3.63) is 29.8 Å². The van der Waals surface area contributed by atoms with Crippen LogP contribution in [-0.4, -0.2) is 19.2 Å². The lowest BCUT2D eigenvalue weighted by Gasteiger charge is -2.24. The van der Waals surface area contributed by atoms with Gasteiger partial charge < -0.3 is 9.47 Å². The van der Waals surface area contributed by atoms with Crippen molar-refractivity contribution in [3.8, 4) is 5.75 Å². The van der Waals surface area contributed by atoms with Gasteiger partial charge in [0.2, 0.25) is 0 Å². The number of hydrogen-bond donors (Lipinski definition) is 0. The molecule has 74 valence electrons. The zero-order valence-corrected chi connectivity index (χ0v) is 7.81. The summed E-state index contributed by atoms with van der Waals surface area (Å²) in [5.41, 5.74) is 1.23. The first-order chi connectivity index (χ1) is 6.90. The Morgan fingerprint density at radius 1 is 1.50 bits per heavy atom. The van der Waals surface area contributed by atoms with Gasteiger partial charge in [0.25, 0.3) is 6.47 Å². The zero-order chi connectivity index (χ0) is 9.80. The number of aryl methyl sites for hydroxylation is 1. The number of ether oxygens (including phenoxy) is 2. The van der Waals surface area contributed by atoms with E-state index in [0.29, 0.717) is 13.1 Å². The zero-order valence-electron chi connectivity index (χ0n) is 7.81. The third-order valence-corrected chi connectivity index (χ3v) is 2.35. The SMILES string of the molecule is O=COCC1CCc2ccccc2O1. The van der Waals surface area contributed by atoms with Gasteiger partial charge >= 0.3 is 0 Å². The van der Waals surface area contributed by atoms with Crippen LogP contribution in [0.15, 0.2) is 24.3 Å². The quantitative estimate of drug-likeness (QED) is 0.682. The molecule has 0 saturated carbocycles. The van der Waals surface area contributed by atoms with E-state index in [9.17, 15) is 4.79 Å². The normalized spacial score (nSPS) is 19.3. The number of hydrogen-bond acceptors (Lipinski definition) is 3. The number of fused-ring (bicyclic) bond motifs is 1. The van der Waals surface area contributed by atoms with Crippen molar-refractivity contribution in [2.45, 2.75) is 18.9 Å². The molecule has 0 aliphatic carbocycles. The molecule has 0 aromatic heterocycles. The Morgan fingerprint density at radius 3 is 3.21 bits per heavy atom. The minimum atomic E-state index is 0.00935. The minimum absolute atomic E-state index is 0.00935. The standard InChI is InChI=1S/C11H12O3/c12-8-13-7-10-6-5-9-3-1-2-4-11(9)14-10/h1-4,8,10H,5-7H2. The highest BCUT2D eigenvalue weighted by molar-refractivity contribution is 5.37. The second-order valence-corrected chi connectivity index (χ2v) is 3.32. The molecule has 1 aliphatic rings. The van der Waals surface area contributed by atoms with E-state index in [1.165, 1.54) is 5.56 Å². The summed E-state index contributed by atoms with van der Waals surface area (Å²) in [6.45, 7) is 0.807. The highest BCUT2D eigenvalue weighted by Gasteiger charge is 2.19. The molecule has 1 unspecified atom stereocenters. The second-order valence-electron chi connectivity index (χ2n) is 3.32. The van der Waals surface area contributed by atoms with E-state index in [4.69, 9.17) is 4.74 Å². The Bertz CT molecular complexity index is 322. The fourth-order valence-electron chi connectivity index (χ4n) is 1.64. The van der Waals surface area contributed by atoms with Crippen molar-refractivity contribution in [2.24, 2.45) is 0 Å². The lowest BCUT2D eigenvalue weighted by molar-refractivity contribution is -0.131. The van der Waals surface area contributed by atoms with E-state index in [2.05, 4.69) is 10.8 Å². The molecule has 1 heterocycles. The van der Waals surface area contributed by atoms with Crippen LogP contribution in [-0.2, 0) is 16.0 Å². The molecule has 1 aromatic rings. The van der Waals surface area contributed by atoms with Crippen molar-refractivity contribution in [2.75, 3.05) is 6.61 Å². The van der Waals surface area contributed by atoms with E-state index in [0.717, 1.165) is 18.6 Å². The first kappa shape index (κ1) is 9.06. The third-order valence-electron chi connectivity index (χ3n) is 2.35. The summed E-state index contributed by atoms with van der Waals surface area (Å²) >= 11 is 0. The molecule has 3 nitrogen and oxygen atoms in total. The monoisotopic (exact) mass is 192 g/mol. The molecule has 1 aliphatic heterocycles. The lowest BCUT2D eigenvalue weighted by Crippen LogP contribution is -2.27. The molecule has 0 saturated heterocycles. The van der Waals surface area contributed by atoms with Crippen molar-refractivity contribution in [1.29, 1.82) is 0 Å². The number of carbonyl (C=O) groups is 1. The van der Waals surface area contributed by atoms with Gasteiger partial charge in [-0.25, -0.2) is 0 Å². The fraction of sp³-hybridized carbons (Fsp3) is 0.364. The Balaban J connectivity index is 2.02. The van der Waals surface area contributed by atoms with E-state index in [1.54, 1.807) is 0 Å². The van der Waals surface area contributed by atoms with Gasteiger partial charge in [-0.05, 0) is 24.5 Å².